The Labute approximate surface area is 190 Å². The first-order valence-electron chi connectivity index (χ1n) is 11.2. The van der Waals surface area contributed by atoms with Gasteiger partial charge >= 0.3 is 0 Å². The molecule has 0 spiro atoms. The Morgan fingerprint density at radius 1 is 1.10 bits per heavy atom. The molecule has 30 heavy (non-hydrogen) atoms. The van der Waals surface area contributed by atoms with Gasteiger partial charge in [-0.2, -0.15) is 0 Å². The van der Waals surface area contributed by atoms with E-state index in [-0.39, 0.29) is 41.3 Å². The number of carbonyl (C=O) groups is 2. The van der Waals surface area contributed by atoms with Crippen molar-refractivity contribution in [2.75, 3.05) is 39.8 Å². The van der Waals surface area contributed by atoms with Gasteiger partial charge in [-0.15, -0.1) is 23.2 Å². The zero-order valence-electron chi connectivity index (χ0n) is 17.9. The minimum absolute atomic E-state index is 0.00833. The van der Waals surface area contributed by atoms with Gasteiger partial charge in [-0.1, -0.05) is 19.4 Å². The molecule has 1 aliphatic heterocycles. The lowest BCUT2D eigenvalue weighted by atomic mass is 9.71. The van der Waals surface area contributed by atoms with E-state index in [4.69, 9.17) is 27.9 Å². The van der Waals surface area contributed by atoms with Crippen LogP contribution in [0.4, 0.5) is 0 Å². The van der Waals surface area contributed by atoms with Crippen molar-refractivity contribution in [1.29, 1.82) is 0 Å². The fourth-order valence-corrected chi connectivity index (χ4v) is 6.17. The van der Waals surface area contributed by atoms with Gasteiger partial charge in [-0.3, -0.25) is 9.59 Å². The summed E-state index contributed by atoms with van der Waals surface area (Å²) in [5.74, 6) is 0.949. The Bertz CT molecular complexity index is 612. The Kier molecular flexibility index (Phi) is 8.87. The Morgan fingerprint density at radius 3 is 2.43 bits per heavy atom. The third kappa shape index (κ3) is 5.90. The topological polar surface area (TPSA) is 61.9 Å². The van der Waals surface area contributed by atoms with Crippen molar-refractivity contribution in [2.45, 2.75) is 61.4 Å². The molecule has 1 N–H and O–H groups in total. The highest BCUT2D eigenvalue weighted by Gasteiger charge is 2.41. The third-order valence-electron chi connectivity index (χ3n) is 7.09. The molecule has 0 aromatic carbocycles. The lowest BCUT2D eigenvalue weighted by Gasteiger charge is -2.44. The first-order chi connectivity index (χ1) is 14.4. The molecule has 1 saturated heterocycles. The first kappa shape index (κ1) is 23.8. The van der Waals surface area contributed by atoms with Crippen LogP contribution in [0.2, 0.25) is 0 Å². The molecular weight excluding hydrogens is 425 g/mol. The molecule has 2 saturated carbocycles. The van der Waals surface area contributed by atoms with Gasteiger partial charge in [-0.05, 0) is 43.6 Å². The van der Waals surface area contributed by atoms with E-state index < -0.39 is 0 Å². The summed E-state index contributed by atoms with van der Waals surface area (Å²) in [5, 5.41) is 3.81. The molecule has 2 aliphatic carbocycles. The number of rotatable bonds is 6. The number of ether oxygens (including phenoxy) is 1. The lowest BCUT2D eigenvalue weighted by Crippen LogP contribution is -2.55. The summed E-state index contributed by atoms with van der Waals surface area (Å²) in [6.45, 7) is 6.03. The average Bonchev–Trinajstić information content (AvgIpc) is 2.77. The average molecular weight is 460 g/mol. The predicted molar refractivity (Wildman–Crippen MR) is 120 cm³/mol. The van der Waals surface area contributed by atoms with E-state index in [1.165, 1.54) is 18.9 Å². The zero-order chi connectivity index (χ0) is 21.7. The molecule has 0 aromatic heterocycles. The van der Waals surface area contributed by atoms with Crippen LogP contribution in [0.15, 0.2) is 12.7 Å². The number of piperazine rings is 1. The second-order valence-corrected chi connectivity index (χ2v) is 10.0. The number of nitrogens with zero attached hydrogens (tertiary/aromatic N) is 2. The zero-order valence-corrected chi connectivity index (χ0v) is 19.4. The van der Waals surface area contributed by atoms with Crippen molar-refractivity contribution in [1.82, 2.24) is 15.1 Å². The molecule has 6 atom stereocenters. The van der Waals surface area contributed by atoms with Gasteiger partial charge in [0, 0.05) is 50.1 Å². The number of hydrogen-bond acceptors (Lipinski definition) is 4. The van der Waals surface area contributed by atoms with Crippen molar-refractivity contribution in [3.05, 3.63) is 12.7 Å². The van der Waals surface area contributed by atoms with Gasteiger partial charge in [0.05, 0.1) is 12.6 Å². The molecule has 6 unspecified atom stereocenters. The van der Waals surface area contributed by atoms with E-state index in [0.717, 1.165) is 25.7 Å². The number of carbonyl (C=O) groups excluding carboxylic acids is 2. The molecular formula is C22H35Cl2N3O3. The van der Waals surface area contributed by atoms with Gasteiger partial charge in [0.1, 0.15) is 0 Å². The van der Waals surface area contributed by atoms with Crippen LogP contribution in [0.25, 0.3) is 0 Å². The quantitative estimate of drug-likeness (QED) is 0.489. The van der Waals surface area contributed by atoms with Gasteiger partial charge in [0.25, 0.3) is 0 Å². The van der Waals surface area contributed by atoms with Crippen LogP contribution < -0.4 is 5.32 Å². The van der Waals surface area contributed by atoms with Crippen LogP contribution >= 0.6 is 23.2 Å². The van der Waals surface area contributed by atoms with Crippen LogP contribution in [0, 0.1) is 11.8 Å². The molecule has 8 heteroatoms. The van der Waals surface area contributed by atoms with Crippen molar-refractivity contribution < 1.29 is 14.3 Å². The third-order valence-corrected chi connectivity index (χ3v) is 7.99. The van der Waals surface area contributed by atoms with Gasteiger partial charge in [0.2, 0.25) is 11.8 Å². The fourth-order valence-electron chi connectivity index (χ4n) is 5.31. The normalized spacial score (nSPS) is 35.2. The monoisotopic (exact) mass is 459 g/mol. The number of nitrogens with one attached hydrogen (secondary N) is 1. The van der Waals surface area contributed by atoms with Crippen LogP contribution in [-0.2, 0) is 14.3 Å². The molecule has 0 bridgehead atoms. The molecule has 6 nitrogen and oxygen atoms in total. The number of halogens is 2. The fraction of sp³-hybridized carbons (Fsp3) is 0.818. The maximum Gasteiger partial charge on any atom is 0.246 e. The smallest absolute Gasteiger partial charge is 0.246 e. The molecule has 3 aliphatic rings. The Hall–Kier alpha value is -0.820. The SMILES string of the molecule is C=CC(=O)N1CCN(C(=O)CNC2CC(C3CCCC(Cl)C3)C(Cl)CC2OC)CC1. The highest BCUT2D eigenvalue weighted by molar-refractivity contribution is 6.21. The number of alkyl halides is 2. The summed E-state index contributed by atoms with van der Waals surface area (Å²) in [4.78, 5) is 28.0. The molecule has 1 heterocycles. The maximum absolute atomic E-state index is 12.7. The summed E-state index contributed by atoms with van der Waals surface area (Å²) < 4.78 is 5.71. The molecule has 0 aromatic rings. The van der Waals surface area contributed by atoms with Gasteiger partial charge in [-0.25, -0.2) is 0 Å². The lowest BCUT2D eigenvalue weighted by molar-refractivity contribution is -0.136. The molecule has 170 valence electrons. The minimum atomic E-state index is -0.0751. The van der Waals surface area contributed by atoms with Crippen LogP contribution in [0.1, 0.15) is 38.5 Å². The van der Waals surface area contributed by atoms with E-state index in [1.54, 1.807) is 12.0 Å². The summed E-state index contributed by atoms with van der Waals surface area (Å²) in [5.41, 5.74) is 0. The van der Waals surface area contributed by atoms with E-state index >= 15 is 0 Å². The molecule has 0 radical (unpaired) electrons. The standard InChI is InChI=1S/C22H35Cl2N3O3/c1-3-21(28)26-7-9-27(10-8-26)22(29)14-25-19-12-17(18(24)13-20(19)30-2)15-5-4-6-16(23)11-15/h3,15-20,25H,1,4-14H2,2H3. The van der Waals surface area contributed by atoms with E-state index in [2.05, 4.69) is 11.9 Å². The van der Waals surface area contributed by atoms with Gasteiger partial charge in [0.15, 0.2) is 0 Å². The predicted octanol–water partition coefficient (Wildman–Crippen LogP) is 2.63. The van der Waals surface area contributed by atoms with Crippen molar-refractivity contribution >= 4 is 35.0 Å². The summed E-state index contributed by atoms with van der Waals surface area (Å²) in [7, 11) is 1.72. The van der Waals surface area contributed by atoms with Crippen LogP contribution in [0.3, 0.4) is 0 Å². The van der Waals surface area contributed by atoms with Crippen LogP contribution in [0.5, 0.6) is 0 Å². The summed E-state index contributed by atoms with van der Waals surface area (Å²) in [6.07, 6.45) is 7.53. The number of hydrogen-bond donors (Lipinski definition) is 1. The summed E-state index contributed by atoms with van der Waals surface area (Å²) in [6, 6.07) is 0.110. The van der Waals surface area contributed by atoms with Crippen molar-refractivity contribution in [3.8, 4) is 0 Å². The highest BCUT2D eigenvalue weighted by Crippen LogP contribution is 2.42. The van der Waals surface area contributed by atoms with Crippen LogP contribution in [-0.4, -0.2) is 84.3 Å². The molecule has 3 rings (SSSR count). The van der Waals surface area contributed by atoms with E-state index in [0.29, 0.717) is 38.0 Å². The molecule has 2 amide bonds. The molecule has 3 fully saturated rings. The first-order valence-corrected chi connectivity index (χ1v) is 12.0. The van der Waals surface area contributed by atoms with Crippen molar-refractivity contribution in [3.63, 3.8) is 0 Å². The summed E-state index contributed by atoms with van der Waals surface area (Å²) >= 11 is 13.2. The Balaban J connectivity index is 1.51. The van der Waals surface area contributed by atoms with Gasteiger partial charge < -0.3 is 19.9 Å². The maximum atomic E-state index is 12.7. The Morgan fingerprint density at radius 2 is 1.80 bits per heavy atom. The second-order valence-electron chi connectivity index (χ2n) is 8.85. The van der Waals surface area contributed by atoms with E-state index in [9.17, 15) is 9.59 Å². The largest absolute Gasteiger partial charge is 0.380 e. The second kappa shape index (κ2) is 11.2. The highest BCUT2D eigenvalue weighted by atomic mass is 35.5. The number of methoxy groups -OCH3 is 1. The number of amides is 2. The minimum Gasteiger partial charge on any atom is -0.380 e. The van der Waals surface area contributed by atoms with Crippen molar-refractivity contribution in [2.24, 2.45) is 11.8 Å². The van der Waals surface area contributed by atoms with E-state index in [1.807, 2.05) is 4.90 Å².